The zero-order valence-corrected chi connectivity index (χ0v) is 13.5. The van der Waals surface area contributed by atoms with Gasteiger partial charge in [-0.2, -0.15) is 0 Å². The van der Waals surface area contributed by atoms with Crippen molar-refractivity contribution in [3.05, 3.63) is 54.0 Å². The maximum Gasteiger partial charge on any atom is 0.160 e. The van der Waals surface area contributed by atoms with Crippen LogP contribution in [-0.2, 0) is 12.0 Å². The van der Waals surface area contributed by atoms with E-state index in [4.69, 9.17) is 9.72 Å². The van der Waals surface area contributed by atoms with Gasteiger partial charge in [0.25, 0.3) is 0 Å². The fourth-order valence-electron chi connectivity index (χ4n) is 2.59. The first-order chi connectivity index (χ1) is 10.5. The van der Waals surface area contributed by atoms with Gasteiger partial charge in [-0.1, -0.05) is 32.9 Å². The van der Waals surface area contributed by atoms with Crippen molar-refractivity contribution >= 4 is 11.2 Å². The standard InChI is InChI=1S/C18H21N3O/c1-18(2,3)17-20-15-6-5-11-19-16(15)21(17)12-13-7-9-14(22-4)10-8-13/h5-11H,12H2,1-4H3. The molecule has 4 heteroatoms. The molecule has 0 saturated carbocycles. The van der Waals surface area contributed by atoms with Crippen molar-refractivity contribution in [3.63, 3.8) is 0 Å². The second-order valence-electron chi connectivity index (χ2n) is 6.47. The number of aromatic nitrogens is 3. The Morgan fingerprint density at radius 2 is 1.82 bits per heavy atom. The highest BCUT2D eigenvalue weighted by Gasteiger charge is 2.23. The maximum absolute atomic E-state index is 5.22. The van der Waals surface area contributed by atoms with E-state index in [0.29, 0.717) is 0 Å². The summed E-state index contributed by atoms with van der Waals surface area (Å²) in [5.74, 6) is 1.92. The minimum atomic E-state index is -0.0346. The predicted octanol–water partition coefficient (Wildman–Crippen LogP) is 3.79. The number of imidazole rings is 1. The SMILES string of the molecule is COc1ccc(Cn2c(C(C)(C)C)nc3cccnc32)cc1. The molecule has 0 unspecified atom stereocenters. The lowest BCUT2D eigenvalue weighted by atomic mass is 9.95. The van der Waals surface area contributed by atoms with Gasteiger partial charge in [0.1, 0.15) is 17.1 Å². The van der Waals surface area contributed by atoms with E-state index in [2.05, 4.69) is 42.5 Å². The predicted molar refractivity (Wildman–Crippen MR) is 88.3 cm³/mol. The van der Waals surface area contributed by atoms with Crippen molar-refractivity contribution in [1.82, 2.24) is 14.5 Å². The Kier molecular flexibility index (Phi) is 3.61. The lowest BCUT2D eigenvalue weighted by Gasteiger charge is -2.20. The van der Waals surface area contributed by atoms with Gasteiger partial charge in [0.15, 0.2) is 5.65 Å². The van der Waals surface area contributed by atoms with Crippen LogP contribution in [0.25, 0.3) is 11.2 Å². The van der Waals surface area contributed by atoms with Gasteiger partial charge in [-0.3, -0.25) is 0 Å². The molecule has 0 atom stereocenters. The number of hydrogen-bond donors (Lipinski definition) is 0. The molecule has 0 saturated heterocycles. The van der Waals surface area contributed by atoms with Gasteiger partial charge in [0.2, 0.25) is 0 Å². The van der Waals surface area contributed by atoms with E-state index in [1.807, 2.05) is 30.5 Å². The second kappa shape index (κ2) is 5.44. The molecule has 0 aliphatic carbocycles. The van der Waals surface area contributed by atoms with E-state index in [9.17, 15) is 0 Å². The van der Waals surface area contributed by atoms with Gasteiger partial charge in [-0.05, 0) is 29.8 Å². The van der Waals surface area contributed by atoms with E-state index in [1.165, 1.54) is 5.56 Å². The van der Waals surface area contributed by atoms with Crippen molar-refractivity contribution in [2.45, 2.75) is 32.7 Å². The molecule has 0 fully saturated rings. The zero-order valence-electron chi connectivity index (χ0n) is 13.5. The molecule has 0 N–H and O–H groups in total. The Bertz CT molecular complexity index is 782. The van der Waals surface area contributed by atoms with Crippen LogP contribution >= 0.6 is 0 Å². The van der Waals surface area contributed by atoms with Gasteiger partial charge in [0.05, 0.1) is 13.7 Å². The molecule has 1 aromatic carbocycles. The normalized spacial score (nSPS) is 11.8. The van der Waals surface area contributed by atoms with E-state index >= 15 is 0 Å². The van der Waals surface area contributed by atoms with E-state index < -0.39 is 0 Å². The summed E-state index contributed by atoms with van der Waals surface area (Å²) in [6, 6.07) is 12.1. The van der Waals surface area contributed by atoms with Crippen molar-refractivity contribution in [2.75, 3.05) is 7.11 Å². The van der Waals surface area contributed by atoms with Crippen LogP contribution in [0.5, 0.6) is 5.75 Å². The van der Waals surface area contributed by atoms with Gasteiger partial charge in [-0.15, -0.1) is 0 Å². The Hall–Kier alpha value is -2.36. The van der Waals surface area contributed by atoms with Crippen molar-refractivity contribution in [2.24, 2.45) is 0 Å². The third-order valence-electron chi connectivity index (χ3n) is 3.67. The number of rotatable bonds is 3. The van der Waals surface area contributed by atoms with Crippen LogP contribution in [0.4, 0.5) is 0 Å². The average molecular weight is 295 g/mol. The number of hydrogen-bond acceptors (Lipinski definition) is 3. The molecular weight excluding hydrogens is 274 g/mol. The molecule has 2 aromatic heterocycles. The van der Waals surface area contributed by atoms with Crippen LogP contribution in [0.1, 0.15) is 32.2 Å². The van der Waals surface area contributed by atoms with Crippen LogP contribution in [0.2, 0.25) is 0 Å². The molecular formula is C18H21N3O. The molecule has 0 aliphatic rings. The summed E-state index contributed by atoms with van der Waals surface area (Å²) in [5, 5.41) is 0. The smallest absolute Gasteiger partial charge is 0.160 e. The summed E-state index contributed by atoms with van der Waals surface area (Å²) < 4.78 is 7.43. The van der Waals surface area contributed by atoms with Gasteiger partial charge in [-0.25, -0.2) is 9.97 Å². The molecule has 3 aromatic rings. The largest absolute Gasteiger partial charge is 0.497 e. The molecule has 2 heterocycles. The van der Waals surface area contributed by atoms with Crippen LogP contribution in [0, 0.1) is 0 Å². The number of ether oxygens (including phenoxy) is 1. The second-order valence-corrected chi connectivity index (χ2v) is 6.47. The maximum atomic E-state index is 5.22. The minimum absolute atomic E-state index is 0.0346. The quantitative estimate of drug-likeness (QED) is 0.738. The van der Waals surface area contributed by atoms with Crippen LogP contribution < -0.4 is 4.74 Å². The Morgan fingerprint density at radius 1 is 1.09 bits per heavy atom. The summed E-state index contributed by atoms with van der Waals surface area (Å²) in [7, 11) is 1.68. The van der Waals surface area contributed by atoms with E-state index in [-0.39, 0.29) is 5.41 Å². The van der Waals surface area contributed by atoms with E-state index in [0.717, 1.165) is 29.3 Å². The lowest BCUT2D eigenvalue weighted by Crippen LogP contribution is -2.19. The number of pyridine rings is 1. The summed E-state index contributed by atoms with van der Waals surface area (Å²) >= 11 is 0. The fraction of sp³-hybridized carbons (Fsp3) is 0.333. The van der Waals surface area contributed by atoms with Crippen LogP contribution in [-0.4, -0.2) is 21.6 Å². The Balaban J connectivity index is 2.07. The highest BCUT2D eigenvalue weighted by Crippen LogP contribution is 2.26. The van der Waals surface area contributed by atoms with Gasteiger partial charge < -0.3 is 9.30 Å². The zero-order chi connectivity index (χ0) is 15.7. The first-order valence-electron chi connectivity index (χ1n) is 7.44. The molecule has 114 valence electrons. The Morgan fingerprint density at radius 3 is 2.45 bits per heavy atom. The lowest BCUT2D eigenvalue weighted by molar-refractivity contribution is 0.414. The number of nitrogens with zero attached hydrogens (tertiary/aromatic N) is 3. The Labute approximate surface area is 130 Å². The van der Waals surface area contributed by atoms with Crippen molar-refractivity contribution < 1.29 is 4.74 Å². The molecule has 0 aliphatic heterocycles. The third-order valence-corrected chi connectivity index (χ3v) is 3.67. The van der Waals surface area contributed by atoms with Crippen LogP contribution in [0.15, 0.2) is 42.6 Å². The third kappa shape index (κ3) is 2.69. The van der Waals surface area contributed by atoms with E-state index in [1.54, 1.807) is 7.11 Å². The van der Waals surface area contributed by atoms with Gasteiger partial charge in [0, 0.05) is 11.6 Å². The molecule has 22 heavy (non-hydrogen) atoms. The molecule has 0 bridgehead atoms. The number of methoxy groups -OCH3 is 1. The number of fused-ring (bicyclic) bond motifs is 1. The van der Waals surface area contributed by atoms with Crippen molar-refractivity contribution in [1.29, 1.82) is 0 Å². The first-order valence-corrected chi connectivity index (χ1v) is 7.44. The molecule has 4 nitrogen and oxygen atoms in total. The minimum Gasteiger partial charge on any atom is -0.497 e. The molecule has 3 rings (SSSR count). The molecule has 0 amide bonds. The average Bonchev–Trinajstić information content (AvgIpc) is 2.87. The summed E-state index contributed by atoms with van der Waals surface area (Å²) in [6.45, 7) is 7.29. The number of benzene rings is 1. The highest BCUT2D eigenvalue weighted by atomic mass is 16.5. The summed E-state index contributed by atoms with van der Waals surface area (Å²) in [5.41, 5.74) is 3.05. The van der Waals surface area contributed by atoms with Crippen LogP contribution in [0.3, 0.4) is 0 Å². The van der Waals surface area contributed by atoms with Crippen molar-refractivity contribution in [3.8, 4) is 5.75 Å². The highest BCUT2D eigenvalue weighted by molar-refractivity contribution is 5.71. The molecule has 0 radical (unpaired) electrons. The fourth-order valence-corrected chi connectivity index (χ4v) is 2.59. The summed E-state index contributed by atoms with van der Waals surface area (Å²) in [6.07, 6.45) is 1.82. The molecule has 0 spiro atoms. The first kappa shape index (κ1) is 14.6. The topological polar surface area (TPSA) is 39.9 Å². The van der Waals surface area contributed by atoms with Gasteiger partial charge >= 0.3 is 0 Å². The summed E-state index contributed by atoms with van der Waals surface area (Å²) in [4.78, 5) is 9.31. The monoisotopic (exact) mass is 295 g/mol.